The maximum absolute atomic E-state index is 6.04. The molecular formula is C21H22BrN3O2S. The molecule has 0 bridgehead atoms. The molecule has 0 aliphatic heterocycles. The van der Waals surface area contributed by atoms with Gasteiger partial charge >= 0.3 is 0 Å². The minimum atomic E-state index is -0.236. The normalized spacial score (nSPS) is 11.8. The minimum absolute atomic E-state index is 0.236. The minimum Gasteiger partial charge on any atom is -0.497 e. The van der Waals surface area contributed by atoms with Gasteiger partial charge in [0.2, 0.25) is 0 Å². The molecule has 0 saturated heterocycles. The molecule has 1 aromatic heterocycles. The van der Waals surface area contributed by atoms with E-state index in [4.69, 9.17) is 9.47 Å². The van der Waals surface area contributed by atoms with E-state index in [1.54, 1.807) is 18.9 Å². The van der Waals surface area contributed by atoms with Crippen LogP contribution in [-0.2, 0) is 12.3 Å². The van der Waals surface area contributed by atoms with Gasteiger partial charge in [-0.05, 0) is 48.9 Å². The zero-order valence-electron chi connectivity index (χ0n) is 15.8. The summed E-state index contributed by atoms with van der Waals surface area (Å²) in [5.41, 5.74) is 1.17. The Morgan fingerprint density at radius 1 is 1.18 bits per heavy atom. The van der Waals surface area contributed by atoms with Crippen LogP contribution in [0.25, 0.3) is 0 Å². The molecule has 0 aliphatic rings. The van der Waals surface area contributed by atoms with Crippen LogP contribution in [0.4, 0.5) is 0 Å². The van der Waals surface area contributed by atoms with Gasteiger partial charge in [0.25, 0.3) is 0 Å². The summed E-state index contributed by atoms with van der Waals surface area (Å²) < 4.78 is 14.4. The smallest absolute Gasteiger partial charge is 0.191 e. The molecule has 0 amide bonds. The fourth-order valence-electron chi connectivity index (χ4n) is 2.69. The maximum atomic E-state index is 6.04. The van der Waals surface area contributed by atoms with E-state index in [1.807, 2.05) is 60.0 Å². The third kappa shape index (κ3) is 5.17. The van der Waals surface area contributed by atoms with Crippen molar-refractivity contribution >= 4 is 27.7 Å². The molecule has 7 heteroatoms. The topological polar surface area (TPSA) is 49.2 Å². The lowest BCUT2D eigenvalue weighted by Gasteiger charge is -2.15. The molecule has 28 heavy (non-hydrogen) atoms. The second kappa shape index (κ2) is 9.80. The number of hydrogen-bond donors (Lipinski definition) is 0. The van der Waals surface area contributed by atoms with Crippen molar-refractivity contribution < 1.29 is 9.47 Å². The van der Waals surface area contributed by atoms with E-state index in [2.05, 4.69) is 38.8 Å². The number of ether oxygens (including phenoxy) is 2. The highest BCUT2D eigenvalue weighted by Crippen LogP contribution is 2.28. The van der Waals surface area contributed by atoms with Crippen LogP contribution in [-0.4, -0.2) is 21.9 Å². The van der Waals surface area contributed by atoms with E-state index in [0.717, 1.165) is 32.7 Å². The van der Waals surface area contributed by atoms with E-state index in [1.165, 1.54) is 5.56 Å². The molecule has 0 N–H and O–H groups in total. The molecule has 0 spiro atoms. The Morgan fingerprint density at radius 2 is 1.96 bits per heavy atom. The van der Waals surface area contributed by atoms with Crippen LogP contribution in [0.15, 0.2) is 70.8 Å². The highest BCUT2D eigenvalue weighted by atomic mass is 79.9. The number of nitrogens with zero attached hydrogens (tertiary/aromatic N) is 3. The van der Waals surface area contributed by atoms with Gasteiger partial charge in [-0.1, -0.05) is 45.9 Å². The summed E-state index contributed by atoms with van der Waals surface area (Å²) in [6.07, 6.45) is 1.61. The fourth-order valence-corrected chi connectivity index (χ4v) is 3.85. The summed E-state index contributed by atoms with van der Waals surface area (Å²) in [6, 6.07) is 15.8. The first-order valence-electron chi connectivity index (χ1n) is 8.82. The second-order valence-electron chi connectivity index (χ2n) is 6.09. The molecule has 1 heterocycles. The first-order chi connectivity index (χ1) is 13.6. The highest BCUT2D eigenvalue weighted by molar-refractivity contribution is 9.10. The Morgan fingerprint density at radius 3 is 2.68 bits per heavy atom. The van der Waals surface area contributed by atoms with Crippen LogP contribution in [0.1, 0.15) is 24.4 Å². The summed E-state index contributed by atoms with van der Waals surface area (Å²) in [5.74, 6) is 3.18. The Hall–Kier alpha value is -2.25. The predicted molar refractivity (Wildman–Crippen MR) is 116 cm³/mol. The molecule has 2 aromatic carbocycles. The Bertz CT molecular complexity index is 928. The number of rotatable bonds is 9. The van der Waals surface area contributed by atoms with Crippen molar-refractivity contribution in [3.8, 4) is 11.5 Å². The predicted octanol–water partition coefficient (Wildman–Crippen LogP) is 5.67. The first kappa shape index (κ1) is 20.5. The summed E-state index contributed by atoms with van der Waals surface area (Å²) in [5, 5.41) is 9.60. The number of aromatic nitrogens is 3. The quantitative estimate of drug-likeness (QED) is 0.304. The van der Waals surface area contributed by atoms with Gasteiger partial charge < -0.3 is 9.47 Å². The molecule has 5 nitrogen and oxygen atoms in total. The zero-order chi connectivity index (χ0) is 19.9. The van der Waals surface area contributed by atoms with Crippen LogP contribution >= 0.6 is 27.7 Å². The van der Waals surface area contributed by atoms with Gasteiger partial charge in [0.05, 0.1) is 7.11 Å². The first-order valence-corrected chi connectivity index (χ1v) is 10.6. The van der Waals surface area contributed by atoms with E-state index < -0.39 is 0 Å². The van der Waals surface area contributed by atoms with E-state index in [0.29, 0.717) is 6.54 Å². The van der Waals surface area contributed by atoms with Gasteiger partial charge in [-0.15, -0.1) is 16.8 Å². The molecular weight excluding hydrogens is 438 g/mol. The maximum Gasteiger partial charge on any atom is 0.191 e. The van der Waals surface area contributed by atoms with Crippen molar-refractivity contribution in [2.45, 2.75) is 30.5 Å². The van der Waals surface area contributed by atoms with Crippen molar-refractivity contribution in [3.63, 3.8) is 0 Å². The van der Waals surface area contributed by atoms with Gasteiger partial charge in [0.15, 0.2) is 17.1 Å². The Labute approximate surface area is 177 Å². The van der Waals surface area contributed by atoms with Crippen LogP contribution in [0.2, 0.25) is 0 Å². The van der Waals surface area contributed by atoms with Gasteiger partial charge in [-0.3, -0.25) is 4.57 Å². The fraction of sp³-hybridized carbons (Fsp3) is 0.238. The number of thioether (sulfide) groups is 1. The molecule has 0 aliphatic carbocycles. The van der Waals surface area contributed by atoms with Crippen molar-refractivity contribution in [2.75, 3.05) is 7.11 Å². The molecule has 0 fully saturated rings. The summed E-state index contributed by atoms with van der Waals surface area (Å²) in [6.45, 7) is 6.46. The number of allylic oxidation sites excluding steroid dienone is 1. The lowest BCUT2D eigenvalue weighted by atomic mass is 10.2. The Balaban J connectivity index is 1.74. The largest absolute Gasteiger partial charge is 0.497 e. The van der Waals surface area contributed by atoms with Gasteiger partial charge in [-0.25, -0.2) is 0 Å². The van der Waals surface area contributed by atoms with Crippen molar-refractivity contribution in [3.05, 3.63) is 77.0 Å². The molecule has 0 radical (unpaired) electrons. The van der Waals surface area contributed by atoms with Crippen LogP contribution < -0.4 is 9.47 Å². The van der Waals surface area contributed by atoms with E-state index in [-0.39, 0.29) is 6.10 Å². The van der Waals surface area contributed by atoms with Crippen LogP contribution in [0.5, 0.6) is 11.5 Å². The van der Waals surface area contributed by atoms with Crippen molar-refractivity contribution in [2.24, 2.45) is 0 Å². The summed E-state index contributed by atoms with van der Waals surface area (Å²) >= 11 is 5.06. The second-order valence-corrected chi connectivity index (χ2v) is 7.95. The standard InChI is InChI=1S/C21H22BrN3O2S/c1-4-12-25-20(15(2)27-18-10-8-17(22)9-11-18)23-24-21(25)28-14-16-6-5-7-19(13-16)26-3/h4-11,13,15H,1,12,14H2,2-3H3. The summed E-state index contributed by atoms with van der Waals surface area (Å²) in [4.78, 5) is 0. The average molecular weight is 460 g/mol. The number of benzene rings is 2. The lowest BCUT2D eigenvalue weighted by molar-refractivity contribution is 0.210. The Kier molecular flexibility index (Phi) is 7.17. The van der Waals surface area contributed by atoms with Crippen molar-refractivity contribution in [1.29, 1.82) is 0 Å². The summed E-state index contributed by atoms with van der Waals surface area (Å²) in [7, 11) is 1.67. The average Bonchev–Trinajstić information content (AvgIpc) is 3.11. The van der Waals surface area contributed by atoms with Gasteiger partial charge in [-0.2, -0.15) is 0 Å². The molecule has 3 aromatic rings. The zero-order valence-corrected chi connectivity index (χ0v) is 18.2. The molecule has 146 valence electrons. The number of halogens is 1. The molecule has 3 rings (SSSR count). The van der Waals surface area contributed by atoms with Gasteiger partial charge in [0.1, 0.15) is 11.5 Å². The van der Waals surface area contributed by atoms with E-state index >= 15 is 0 Å². The lowest BCUT2D eigenvalue weighted by Crippen LogP contribution is -2.12. The SMILES string of the molecule is C=CCn1c(SCc2cccc(OC)c2)nnc1C(C)Oc1ccc(Br)cc1. The van der Waals surface area contributed by atoms with Crippen LogP contribution in [0, 0.1) is 0 Å². The molecule has 0 saturated carbocycles. The van der Waals surface area contributed by atoms with Crippen LogP contribution in [0.3, 0.4) is 0 Å². The monoisotopic (exact) mass is 459 g/mol. The third-order valence-electron chi connectivity index (χ3n) is 4.05. The number of hydrogen-bond acceptors (Lipinski definition) is 5. The highest BCUT2D eigenvalue weighted by Gasteiger charge is 2.19. The molecule has 1 atom stereocenters. The molecule has 1 unspecified atom stereocenters. The van der Waals surface area contributed by atoms with Gasteiger partial charge in [0, 0.05) is 16.8 Å². The van der Waals surface area contributed by atoms with E-state index in [9.17, 15) is 0 Å². The third-order valence-corrected chi connectivity index (χ3v) is 5.62. The number of methoxy groups -OCH3 is 1. The van der Waals surface area contributed by atoms with Crippen molar-refractivity contribution in [1.82, 2.24) is 14.8 Å².